The zero-order valence-corrected chi connectivity index (χ0v) is 8.92. The summed E-state index contributed by atoms with van der Waals surface area (Å²) in [5.74, 6) is 0. The Morgan fingerprint density at radius 3 is 1.89 bits per heavy atom. The molecule has 5 heteroatoms. The molecule has 0 aliphatic heterocycles. The Balaban J connectivity index is 2.73. The fourth-order valence-electron chi connectivity index (χ4n) is 1.66. The number of nitrogens with zero attached hydrogens (tertiary/aromatic N) is 2. The van der Waals surface area contributed by atoms with Crippen molar-refractivity contribution in [2.45, 2.75) is 6.18 Å². The summed E-state index contributed by atoms with van der Waals surface area (Å²) in [4.78, 5) is 0. The van der Waals surface area contributed by atoms with Gasteiger partial charge in [0.1, 0.15) is 12.1 Å². The molecule has 0 amide bonds. The first-order valence-corrected chi connectivity index (χ1v) is 4.91. The van der Waals surface area contributed by atoms with Crippen LogP contribution in [0.1, 0.15) is 16.7 Å². The molecule has 0 atom stereocenters. The van der Waals surface area contributed by atoms with Gasteiger partial charge in [-0.05, 0) is 35.0 Å². The van der Waals surface area contributed by atoms with Crippen LogP contribution in [-0.4, -0.2) is 0 Å². The average Bonchev–Trinajstić information content (AvgIpc) is 2.35. The first-order valence-electron chi connectivity index (χ1n) is 4.91. The molecule has 0 heterocycles. The van der Waals surface area contributed by atoms with E-state index < -0.39 is 11.7 Å². The number of alkyl halides is 3. The molecule has 0 unspecified atom stereocenters. The Kier molecular flexibility index (Phi) is 2.68. The van der Waals surface area contributed by atoms with Gasteiger partial charge < -0.3 is 0 Å². The minimum Gasteiger partial charge on any atom is -0.192 e. The number of hydrogen-bond acceptors (Lipinski definition) is 2. The Labute approximate surface area is 100 Å². The van der Waals surface area contributed by atoms with Gasteiger partial charge in [-0.15, -0.1) is 0 Å². The Morgan fingerprint density at radius 2 is 1.39 bits per heavy atom. The van der Waals surface area contributed by atoms with Gasteiger partial charge >= 0.3 is 6.18 Å². The molecule has 2 rings (SSSR count). The maximum atomic E-state index is 12.5. The van der Waals surface area contributed by atoms with Gasteiger partial charge in [0.05, 0.1) is 16.7 Å². The Bertz CT molecular complexity index is 703. The number of fused-ring (bicyclic) bond motifs is 1. The highest BCUT2D eigenvalue weighted by Gasteiger charge is 2.30. The summed E-state index contributed by atoms with van der Waals surface area (Å²) in [6, 6.07) is 9.55. The maximum absolute atomic E-state index is 12.5. The number of benzene rings is 2. The monoisotopic (exact) mass is 246 g/mol. The van der Waals surface area contributed by atoms with E-state index in [0.717, 1.165) is 12.1 Å². The van der Waals surface area contributed by atoms with Crippen LogP contribution in [0.25, 0.3) is 10.8 Å². The highest BCUT2D eigenvalue weighted by atomic mass is 19.4. The predicted octanol–water partition coefficient (Wildman–Crippen LogP) is 3.60. The van der Waals surface area contributed by atoms with E-state index in [1.54, 1.807) is 6.07 Å². The molecule has 2 aromatic carbocycles. The van der Waals surface area contributed by atoms with E-state index in [0.29, 0.717) is 10.8 Å². The molecule has 0 aromatic heterocycles. The fraction of sp³-hybridized carbons (Fsp3) is 0.0769. The zero-order valence-electron chi connectivity index (χ0n) is 8.92. The van der Waals surface area contributed by atoms with Crippen LogP contribution in [0.2, 0.25) is 0 Å². The molecule has 0 saturated carbocycles. The molecule has 0 aliphatic carbocycles. The molecule has 2 aromatic rings. The Morgan fingerprint density at radius 1 is 0.833 bits per heavy atom. The molecule has 88 valence electrons. The van der Waals surface area contributed by atoms with E-state index in [1.165, 1.54) is 18.2 Å². The third-order valence-corrected chi connectivity index (χ3v) is 2.54. The first-order chi connectivity index (χ1) is 8.45. The van der Waals surface area contributed by atoms with Gasteiger partial charge in [-0.25, -0.2) is 0 Å². The van der Waals surface area contributed by atoms with E-state index in [2.05, 4.69) is 0 Å². The molecule has 2 nitrogen and oxygen atoms in total. The lowest BCUT2D eigenvalue weighted by Gasteiger charge is -2.08. The van der Waals surface area contributed by atoms with Crippen molar-refractivity contribution in [2.75, 3.05) is 0 Å². The lowest BCUT2D eigenvalue weighted by Crippen LogP contribution is -2.04. The SMILES string of the molecule is N#Cc1cc2ccc(C(F)(F)F)cc2cc1C#N. The van der Waals surface area contributed by atoms with Gasteiger partial charge in [-0.2, -0.15) is 23.7 Å². The number of nitriles is 2. The molecule has 0 bridgehead atoms. The van der Waals surface area contributed by atoms with Crippen molar-refractivity contribution < 1.29 is 13.2 Å². The second-order valence-electron chi connectivity index (χ2n) is 3.68. The topological polar surface area (TPSA) is 47.6 Å². The van der Waals surface area contributed by atoms with Gasteiger partial charge in [-0.1, -0.05) is 6.07 Å². The van der Waals surface area contributed by atoms with E-state index in [-0.39, 0.29) is 11.1 Å². The van der Waals surface area contributed by atoms with Gasteiger partial charge in [0.15, 0.2) is 0 Å². The van der Waals surface area contributed by atoms with Crippen molar-refractivity contribution in [3.05, 3.63) is 47.0 Å². The smallest absolute Gasteiger partial charge is 0.192 e. The van der Waals surface area contributed by atoms with E-state index >= 15 is 0 Å². The number of halogens is 3. The van der Waals surface area contributed by atoms with Crippen LogP contribution in [0, 0.1) is 22.7 Å². The molecular formula is C13H5F3N2. The minimum atomic E-state index is -4.42. The second kappa shape index (κ2) is 4.05. The maximum Gasteiger partial charge on any atom is 0.416 e. The summed E-state index contributed by atoms with van der Waals surface area (Å²) in [7, 11) is 0. The van der Waals surface area contributed by atoms with Crippen molar-refractivity contribution in [2.24, 2.45) is 0 Å². The highest BCUT2D eigenvalue weighted by Crippen LogP contribution is 2.32. The standard InChI is InChI=1S/C13H5F3N2/c14-13(15,16)12-2-1-8-3-10(6-17)11(7-18)4-9(8)5-12/h1-5H. The molecule has 0 radical (unpaired) electrons. The highest BCUT2D eigenvalue weighted by molar-refractivity contribution is 5.86. The van der Waals surface area contributed by atoms with E-state index in [4.69, 9.17) is 10.5 Å². The summed E-state index contributed by atoms with van der Waals surface area (Å²) in [5, 5.41) is 18.4. The van der Waals surface area contributed by atoms with Gasteiger partial charge in [0.2, 0.25) is 0 Å². The average molecular weight is 246 g/mol. The molecule has 18 heavy (non-hydrogen) atoms. The van der Waals surface area contributed by atoms with Crippen molar-refractivity contribution in [3.63, 3.8) is 0 Å². The molecule has 0 saturated heterocycles. The van der Waals surface area contributed by atoms with E-state index in [1.807, 2.05) is 6.07 Å². The molecular weight excluding hydrogens is 241 g/mol. The molecule has 0 N–H and O–H groups in total. The largest absolute Gasteiger partial charge is 0.416 e. The summed E-state index contributed by atoms with van der Waals surface area (Å²) in [6.45, 7) is 0. The van der Waals surface area contributed by atoms with Crippen LogP contribution >= 0.6 is 0 Å². The van der Waals surface area contributed by atoms with E-state index in [9.17, 15) is 13.2 Å². The molecule has 0 aliphatic rings. The van der Waals surface area contributed by atoms with Crippen LogP contribution in [0.3, 0.4) is 0 Å². The third-order valence-electron chi connectivity index (χ3n) is 2.54. The van der Waals surface area contributed by atoms with Crippen LogP contribution < -0.4 is 0 Å². The summed E-state index contributed by atoms with van der Waals surface area (Å²) >= 11 is 0. The predicted molar refractivity (Wildman–Crippen MR) is 58.4 cm³/mol. The van der Waals surface area contributed by atoms with Crippen molar-refractivity contribution in [1.82, 2.24) is 0 Å². The number of hydrogen-bond donors (Lipinski definition) is 0. The van der Waals surface area contributed by atoms with Crippen LogP contribution in [0.15, 0.2) is 30.3 Å². The lowest BCUT2D eigenvalue weighted by atomic mass is 10.0. The van der Waals surface area contributed by atoms with Crippen molar-refractivity contribution >= 4 is 10.8 Å². The van der Waals surface area contributed by atoms with Gasteiger partial charge in [0.25, 0.3) is 0 Å². The Hall–Kier alpha value is -2.53. The zero-order chi connectivity index (χ0) is 13.3. The first kappa shape index (κ1) is 11.9. The minimum absolute atomic E-state index is 0.0734. The molecule has 0 spiro atoms. The van der Waals surface area contributed by atoms with Crippen LogP contribution in [-0.2, 0) is 6.18 Å². The lowest BCUT2D eigenvalue weighted by molar-refractivity contribution is -0.137. The van der Waals surface area contributed by atoms with Gasteiger partial charge in [0, 0.05) is 0 Å². The van der Waals surface area contributed by atoms with Crippen LogP contribution in [0.4, 0.5) is 13.2 Å². The number of rotatable bonds is 0. The van der Waals surface area contributed by atoms with Crippen LogP contribution in [0.5, 0.6) is 0 Å². The summed E-state index contributed by atoms with van der Waals surface area (Å²) < 4.78 is 37.6. The fourth-order valence-corrected chi connectivity index (χ4v) is 1.66. The quantitative estimate of drug-likeness (QED) is 0.712. The van der Waals surface area contributed by atoms with Gasteiger partial charge in [-0.3, -0.25) is 0 Å². The summed E-state index contributed by atoms with van der Waals surface area (Å²) in [5.41, 5.74) is -0.544. The third kappa shape index (κ3) is 1.99. The van der Waals surface area contributed by atoms with Crippen molar-refractivity contribution in [3.8, 4) is 12.1 Å². The normalized spacial score (nSPS) is 10.9. The summed E-state index contributed by atoms with van der Waals surface area (Å²) in [6.07, 6.45) is -4.42. The molecule has 0 fully saturated rings. The second-order valence-corrected chi connectivity index (χ2v) is 3.68. The van der Waals surface area contributed by atoms with Crippen molar-refractivity contribution in [1.29, 1.82) is 10.5 Å².